The molecule has 0 aliphatic rings. The zero-order valence-electron chi connectivity index (χ0n) is 15.5. The van der Waals surface area contributed by atoms with E-state index in [1.807, 2.05) is 20.8 Å². The quantitative estimate of drug-likeness (QED) is 0.301. The topological polar surface area (TPSA) is 65.7 Å². The van der Waals surface area contributed by atoms with Crippen LogP contribution in [0, 0.1) is 0 Å². The molecular formula is C19H22Br2O5. The zero-order valence-corrected chi connectivity index (χ0v) is 18.7. The van der Waals surface area contributed by atoms with Crippen LogP contribution < -0.4 is 15.1 Å². The Bertz CT molecular complexity index is 899. The van der Waals surface area contributed by atoms with E-state index in [0.29, 0.717) is 45.3 Å². The summed E-state index contributed by atoms with van der Waals surface area (Å²) < 4.78 is 16.1. The highest BCUT2D eigenvalue weighted by atomic mass is 79.9. The predicted molar refractivity (Wildman–Crippen MR) is 109 cm³/mol. The van der Waals surface area contributed by atoms with Crippen LogP contribution in [0.2, 0.25) is 0 Å². The van der Waals surface area contributed by atoms with Gasteiger partial charge in [-0.3, -0.25) is 4.79 Å². The second-order valence-electron chi connectivity index (χ2n) is 6.17. The average Bonchev–Trinajstić information content (AvgIpc) is 2.63. The predicted octanol–water partition coefficient (Wildman–Crippen LogP) is 5.27. The van der Waals surface area contributed by atoms with Crippen molar-refractivity contribution in [2.45, 2.75) is 44.4 Å². The van der Waals surface area contributed by atoms with Crippen molar-refractivity contribution < 1.29 is 18.7 Å². The number of benzene rings is 1. The van der Waals surface area contributed by atoms with Gasteiger partial charge in [-0.05, 0) is 41.3 Å². The molecule has 5 nitrogen and oxygen atoms in total. The van der Waals surface area contributed by atoms with E-state index in [1.54, 1.807) is 6.07 Å². The van der Waals surface area contributed by atoms with Crippen LogP contribution in [0.1, 0.15) is 49.5 Å². The number of halogens is 2. The Morgan fingerprint density at radius 2 is 1.92 bits per heavy atom. The fourth-order valence-corrected chi connectivity index (χ4v) is 3.52. The van der Waals surface area contributed by atoms with Crippen molar-refractivity contribution in [2.75, 3.05) is 14.2 Å². The maximum absolute atomic E-state index is 13.2. The first-order valence-corrected chi connectivity index (χ1v) is 9.95. The molecule has 0 spiro atoms. The number of aryl methyl sites for hydroxylation is 1. The third-order valence-corrected chi connectivity index (χ3v) is 6.17. The van der Waals surface area contributed by atoms with Crippen molar-refractivity contribution in [2.24, 2.45) is 0 Å². The van der Waals surface area contributed by atoms with Crippen LogP contribution in [0.3, 0.4) is 0 Å². The van der Waals surface area contributed by atoms with E-state index in [4.69, 9.17) is 13.9 Å². The zero-order chi connectivity index (χ0) is 19.6. The molecule has 1 atom stereocenters. The number of alkyl halides is 1. The van der Waals surface area contributed by atoms with E-state index in [2.05, 4.69) is 31.9 Å². The molecule has 0 radical (unpaired) electrons. The van der Waals surface area contributed by atoms with Gasteiger partial charge in [-0.2, -0.15) is 0 Å². The molecule has 0 aliphatic heterocycles. The minimum Gasteiger partial charge on any atom is -0.496 e. The molecule has 7 heteroatoms. The van der Waals surface area contributed by atoms with Crippen LogP contribution >= 0.6 is 31.9 Å². The number of carbonyl (C=O) groups excluding carboxylic acids is 1. The lowest BCUT2D eigenvalue weighted by Gasteiger charge is -2.23. The highest BCUT2D eigenvalue weighted by Gasteiger charge is 2.35. The molecule has 26 heavy (non-hydrogen) atoms. The van der Waals surface area contributed by atoms with Gasteiger partial charge in [-0.25, -0.2) is 4.79 Å². The number of hydrogen-bond acceptors (Lipinski definition) is 5. The van der Waals surface area contributed by atoms with Crippen molar-refractivity contribution in [3.05, 3.63) is 32.1 Å². The van der Waals surface area contributed by atoms with Gasteiger partial charge in [0, 0.05) is 6.07 Å². The molecule has 2 rings (SSSR count). The Morgan fingerprint density at radius 1 is 1.27 bits per heavy atom. The Balaban J connectivity index is 3.01. The van der Waals surface area contributed by atoms with Crippen LogP contribution in [0.25, 0.3) is 11.0 Å². The van der Waals surface area contributed by atoms with Gasteiger partial charge in [-0.15, -0.1) is 0 Å². The van der Waals surface area contributed by atoms with Gasteiger partial charge in [0.1, 0.15) is 27.1 Å². The van der Waals surface area contributed by atoms with Crippen molar-refractivity contribution in [3.63, 3.8) is 0 Å². The number of fused-ring (bicyclic) bond motifs is 1. The van der Waals surface area contributed by atoms with Gasteiger partial charge in [0.15, 0.2) is 5.78 Å². The summed E-state index contributed by atoms with van der Waals surface area (Å²) in [6.07, 6.45) is 2.05. The molecule has 0 amide bonds. The Labute approximate surface area is 169 Å². The van der Waals surface area contributed by atoms with Gasteiger partial charge in [-0.1, -0.05) is 36.2 Å². The van der Waals surface area contributed by atoms with Crippen LogP contribution in [-0.2, 0) is 6.42 Å². The number of rotatable bonds is 7. The van der Waals surface area contributed by atoms with Crippen molar-refractivity contribution in [1.29, 1.82) is 0 Å². The normalized spacial score (nSPS) is 13.5. The minimum atomic E-state index is -0.765. The molecule has 0 saturated carbocycles. The summed E-state index contributed by atoms with van der Waals surface area (Å²) in [4.78, 5) is 25.4. The maximum atomic E-state index is 13.2. The molecule has 1 aromatic carbocycles. The largest absolute Gasteiger partial charge is 0.496 e. The lowest BCUT2D eigenvalue weighted by Crippen LogP contribution is -2.28. The first kappa shape index (κ1) is 21.0. The van der Waals surface area contributed by atoms with Crippen molar-refractivity contribution in [3.8, 4) is 11.5 Å². The molecule has 1 unspecified atom stereocenters. The van der Waals surface area contributed by atoms with Gasteiger partial charge >= 0.3 is 5.63 Å². The molecule has 0 aliphatic carbocycles. The van der Waals surface area contributed by atoms with Crippen LogP contribution in [0.15, 0.2) is 19.8 Å². The Kier molecular flexibility index (Phi) is 6.55. The summed E-state index contributed by atoms with van der Waals surface area (Å²) >= 11 is 6.83. The van der Waals surface area contributed by atoms with Gasteiger partial charge < -0.3 is 13.9 Å². The summed E-state index contributed by atoms with van der Waals surface area (Å²) in [5.74, 6) is 0.517. The summed E-state index contributed by atoms with van der Waals surface area (Å²) in [5, 5.41) is 0.615. The molecule has 142 valence electrons. The standard InChI is InChI=1S/C19H22Br2O5/c1-6-8-10-13-12(26-18(23)15(10)20)9-11(24-4)14(16(13)25-5)17(22)19(3,21)7-2/h9H,6-8H2,1-5H3. The van der Waals surface area contributed by atoms with Gasteiger partial charge in [0.2, 0.25) is 0 Å². The average molecular weight is 490 g/mol. The number of ketones is 1. The third kappa shape index (κ3) is 3.56. The highest BCUT2D eigenvalue weighted by Crippen LogP contribution is 2.43. The molecule has 0 saturated heterocycles. The van der Waals surface area contributed by atoms with E-state index in [-0.39, 0.29) is 5.78 Å². The first-order chi connectivity index (χ1) is 12.2. The smallest absolute Gasteiger partial charge is 0.350 e. The minimum absolute atomic E-state index is 0.152. The van der Waals surface area contributed by atoms with Crippen LogP contribution in [0.4, 0.5) is 0 Å². The monoisotopic (exact) mass is 488 g/mol. The van der Waals surface area contributed by atoms with Crippen LogP contribution in [-0.4, -0.2) is 24.3 Å². The fraction of sp³-hybridized carbons (Fsp3) is 0.474. The van der Waals surface area contributed by atoms with E-state index >= 15 is 0 Å². The van der Waals surface area contributed by atoms with Gasteiger partial charge in [0.05, 0.1) is 23.9 Å². The number of hydrogen-bond donors (Lipinski definition) is 0. The molecule has 0 N–H and O–H groups in total. The van der Waals surface area contributed by atoms with Crippen LogP contribution in [0.5, 0.6) is 11.5 Å². The second kappa shape index (κ2) is 8.13. The molecule has 1 aromatic heterocycles. The van der Waals surface area contributed by atoms with Gasteiger partial charge in [0.25, 0.3) is 0 Å². The number of methoxy groups -OCH3 is 2. The number of Topliss-reactive ketones (excluding diaryl/α,β-unsaturated/α-hetero) is 1. The number of carbonyl (C=O) groups is 1. The summed E-state index contributed by atoms with van der Waals surface area (Å²) in [6, 6.07) is 1.58. The summed E-state index contributed by atoms with van der Waals surface area (Å²) in [7, 11) is 2.97. The van der Waals surface area contributed by atoms with Crippen molar-refractivity contribution in [1.82, 2.24) is 0 Å². The molecular weight excluding hydrogens is 468 g/mol. The Morgan fingerprint density at radius 3 is 2.42 bits per heavy atom. The maximum Gasteiger partial charge on any atom is 0.350 e. The molecule has 1 heterocycles. The van der Waals surface area contributed by atoms with E-state index in [1.165, 1.54) is 14.2 Å². The second-order valence-corrected chi connectivity index (χ2v) is 8.72. The lowest BCUT2D eigenvalue weighted by molar-refractivity contribution is 0.0946. The summed E-state index contributed by atoms with van der Waals surface area (Å²) in [5.41, 5.74) is 0.963. The van der Waals surface area contributed by atoms with Crippen molar-refractivity contribution >= 4 is 48.6 Å². The fourth-order valence-electron chi connectivity index (χ4n) is 2.84. The number of ether oxygens (including phenoxy) is 2. The molecule has 0 fully saturated rings. The lowest BCUT2D eigenvalue weighted by atomic mass is 9.92. The third-order valence-electron chi connectivity index (χ3n) is 4.45. The SMILES string of the molecule is CCCc1c(Br)c(=O)oc2cc(OC)c(C(=O)C(C)(Br)CC)c(OC)c12. The van der Waals surface area contributed by atoms with E-state index in [9.17, 15) is 9.59 Å². The highest BCUT2D eigenvalue weighted by molar-refractivity contribution is 9.10. The Hall–Kier alpha value is -1.34. The van der Waals surface area contributed by atoms with E-state index < -0.39 is 9.95 Å². The summed E-state index contributed by atoms with van der Waals surface area (Å²) in [6.45, 7) is 5.75. The molecule has 2 aromatic rings. The first-order valence-electron chi connectivity index (χ1n) is 8.37. The van der Waals surface area contributed by atoms with E-state index in [0.717, 1.165) is 12.0 Å². The molecule has 0 bridgehead atoms.